The van der Waals surface area contributed by atoms with Crippen LogP contribution in [0.3, 0.4) is 0 Å². The van der Waals surface area contributed by atoms with Gasteiger partial charge in [0.15, 0.2) is 11.5 Å². The molecule has 0 fully saturated rings. The molecular weight excluding hydrogens is 464 g/mol. The fourth-order valence-electron chi connectivity index (χ4n) is 3.54. The molecule has 0 spiro atoms. The molecule has 6 heteroatoms. The van der Waals surface area contributed by atoms with Gasteiger partial charge in [0, 0.05) is 5.56 Å². The third-order valence-corrected chi connectivity index (χ3v) is 5.51. The van der Waals surface area contributed by atoms with Crippen molar-refractivity contribution in [1.82, 2.24) is 5.43 Å². The second-order valence-corrected chi connectivity index (χ2v) is 8.41. The van der Waals surface area contributed by atoms with Gasteiger partial charge >= 0.3 is 0 Å². The predicted molar refractivity (Wildman–Crippen MR) is 145 cm³/mol. The van der Waals surface area contributed by atoms with Crippen LogP contribution in [0.5, 0.6) is 17.2 Å². The van der Waals surface area contributed by atoms with Crippen LogP contribution in [0.25, 0.3) is 0 Å². The van der Waals surface area contributed by atoms with Gasteiger partial charge in [-0.15, -0.1) is 0 Å². The molecule has 0 unspecified atom stereocenters. The standard InChI is InChI=1S/C31H30N2O4/c1-3-35-30-19-27(16-17-29(30)37-22-24-8-5-4-6-9-24)31(34)33-32-20-26-10-7-11-28(18-26)36-21-25-14-12-23(2)13-15-25/h4-20H,3,21-22H2,1-2H3,(H,33,34)/b32-20+. The summed E-state index contributed by atoms with van der Waals surface area (Å²) in [5.74, 6) is 1.46. The first-order valence-corrected chi connectivity index (χ1v) is 12.2. The topological polar surface area (TPSA) is 69.2 Å². The summed E-state index contributed by atoms with van der Waals surface area (Å²) in [4.78, 5) is 12.7. The summed E-state index contributed by atoms with van der Waals surface area (Å²) in [6.07, 6.45) is 1.58. The van der Waals surface area contributed by atoms with Crippen molar-refractivity contribution in [1.29, 1.82) is 0 Å². The summed E-state index contributed by atoms with van der Waals surface area (Å²) in [6.45, 7) is 5.28. The third kappa shape index (κ3) is 7.70. The molecule has 4 aromatic rings. The Labute approximate surface area is 217 Å². The van der Waals surface area contributed by atoms with E-state index in [0.29, 0.717) is 36.9 Å². The van der Waals surface area contributed by atoms with Crippen LogP contribution in [0.1, 0.15) is 39.5 Å². The summed E-state index contributed by atoms with van der Waals surface area (Å²) in [5, 5.41) is 4.11. The molecule has 188 valence electrons. The molecular formula is C31H30N2O4. The third-order valence-electron chi connectivity index (χ3n) is 5.51. The molecule has 6 nitrogen and oxygen atoms in total. The van der Waals surface area contributed by atoms with Crippen LogP contribution < -0.4 is 19.6 Å². The first-order chi connectivity index (χ1) is 18.1. The summed E-state index contributed by atoms with van der Waals surface area (Å²) in [5.41, 5.74) is 7.15. The summed E-state index contributed by atoms with van der Waals surface area (Å²) >= 11 is 0. The van der Waals surface area contributed by atoms with Gasteiger partial charge in [0.2, 0.25) is 0 Å². The predicted octanol–water partition coefficient (Wildman–Crippen LogP) is 6.32. The molecule has 37 heavy (non-hydrogen) atoms. The highest BCUT2D eigenvalue weighted by atomic mass is 16.5. The van der Waals surface area contributed by atoms with Crippen molar-refractivity contribution in [3.63, 3.8) is 0 Å². The van der Waals surface area contributed by atoms with Crippen molar-refractivity contribution in [2.45, 2.75) is 27.1 Å². The fourth-order valence-corrected chi connectivity index (χ4v) is 3.54. The van der Waals surface area contributed by atoms with E-state index < -0.39 is 0 Å². The molecule has 0 aliphatic carbocycles. The molecule has 0 radical (unpaired) electrons. The molecule has 0 aromatic heterocycles. The van der Waals surface area contributed by atoms with E-state index in [0.717, 1.165) is 22.4 Å². The van der Waals surface area contributed by atoms with Crippen LogP contribution in [-0.2, 0) is 13.2 Å². The average Bonchev–Trinajstić information content (AvgIpc) is 2.93. The van der Waals surface area contributed by atoms with Crippen LogP contribution in [0.2, 0.25) is 0 Å². The molecule has 0 aliphatic rings. The Balaban J connectivity index is 1.34. The minimum absolute atomic E-state index is 0.349. The molecule has 0 saturated heterocycles. The summed E-state index contributed by atoms with van der Waals surface area (Å²) < 4.78 is 17.5. The van der Waals surface area contributed by atoms with Crippen molar-refractivity contribution in [2.24, 2.45) is 5.10 Å². The van der Waals surface area contributed by atoms with E-state index in [9.17, 15) is 4.79 Å². The second-order valence-electron chi connectivity index (χ2n) is 8.41. The zero-order chi connectivity index (χ0) is 25.9. The van der Waals surface area contributed by atoms with Gasteiger partial charge in [-0.05, 0) is 60.9 Å². The maximum Gasteiger partial charge on any atom is 0.271 e. The van der Waals surface area contributed by atoms with Crippen molar-refractivity contribution in [2.75, 3.05) is 6.61 Å². The van der Waals surface area contributed by atoms with Crippen LogP contribution in [0.4, 0.5) is 0 Å². The number of amides is 1. The summed E-state index contributed by atoms with van der Waals surface area (Å²) in [6, 6.07) is 30.7. The van der Waals surface area contributed by atoms with E-state index in [2.05, 4.69) is 41.7 Å². The maximum absolute atomic E-state index is 12.7. The molecule has 0 atom stereocenters. The lowest BCUT2D eigenvalue weighted by atomic mass is 10.2. The number of hydrogen-bond donors (Lipinski definition) is 1. The Bertz CT molecular complexity index is 1340. The number of hydrogen-bond acceptors (Lipinski definition) is 5. The lowest BCUT2D eigenvalue weighted by Crippen LogP contribution is -2.17. The van der Waals surface area contributed by atoms with E-state index in [-0.39, 0.29) is 5.91 Å². The minimum atomic E-state index is -0.349. The molecule has 1 N–H and O–H groups in total. The molecule has 4 aromatic carbocycles. The van der Waals surface area contributed by atoms with Gasteiger partial charge in [-0.2, -0.15) is 5.10 Å². The minimum Gasteiger partial charge on any atom is -0.490 e. The smallest absolute Gasteiger partial charge is 0.271 e. The fraction of sp³-hybridized carbons (Fsp3) is 0.161. The van der Waals surface area contributed by atoms with Gasteiger partial charge in [0.1, 0.15) is 19.0 Å². The molecule has 1 amide bonds. The van der Waals surface area contributed by atoms with E-state index in [1.165, 1.54) is 5.56 Å². The van der Waals surface area contributed by atoms with Gasteiger partial charge in [-0.1, -0.05) is 72.3 Å². The molecule has 0 aliphatic heterocycles. The zero-order valence-electron chi connectivity index (χ0n) is 21.0. The molecule has 4 rings (SSSR count). The first-order valence-electron chi connectivity index (χ1n) is 12.2. The highest BCUT2D eigenvalue weighted by Crippen LogP contribution is 2.29. The van der Waals surface area contributed by atoms with Crippen molar-refractivity contribution < 1.29 is 19.0 Å². The number of nitrogens with zero attached hydrogens (tertiary/aromatic N) is 1. The number of benzene rings is 4. The Hall–Kier alpha value is -4.58. The molecule has 0 heterocycles. The maximum atomic E-state index is 12.7. The van der Waals surface area contributed by atoms with E-state index in [1.807, 2.05) is 61.5 Å². The van der Waals surface area contributed by atoms with Crippen LogP contribution in [0.15, 0.2) is 102 Å². The number of nitrogens with one attached hydrogen (secondary N) is 1. The van der Waals surface area contributed by atoms with Gasteiger partial charge in [-0.3, -0.25) is 4.79 Å². The van der Waals surface area contributed by atoms with Gasteiger partial charge in [0.05, 0.1) is 12.8 Å². The molecule has 0 saturated carbocycles. The van der Waals surface area contributed by atoms with Crippen molar-refractivity contribution in [3.05, 3.63) is 125 Å². The number of aryl methyl sites for hydroxylation is 1. The highest BCUT2D eigenvalue weighted by Gasteiger charge is 2.12. The van der Waals surface area contributed by atoms with Crippen molar-refractivity contribution in [3.8, 4) is 17.2 Å². The largest absolute Gasteiger partial charge is 0.490 e. The summed E-state index contributed by atoms with van der Waals surface area (Å²) in [7, 11) is 0. The van der Waals surface area contributed by atoms with Crippen LogP contribution >= 0.6 is 0 Å². The quantitative estimate of drug-likeness (QED) is 0.196. The zero-order valence-corrected chi connectivity index (χ0v) is 21.0. The Kier molecular flexibility index (Phi) is 8.92. The highest BCUT2D eigenvalue weighted by molar-refractivity contribution is 5.95. The Morgan fingerprint density at radius 3 is 2.32 bits per heavy atom. The SMILES string of the molecule is CCOc1cc(C(=O)N/N=C/c2cccc(OCc3ccc(C)cc3)c2)ccc1OCc1ccccc1. The van der Waals surface area contributed by atoms with E-state index in [1.54, 1.807) is 24.4 Å². The lowest BCUT2D eigenvalue weighted by Gasteiger charge is -2.13. The average molecular weight is 495 g/mol. The van der Waals surface area contributed by atoms with Crippen LogP contribution in [-0.4, -0.2) is 18.7 Å². The van der Waals surface area contributed by atoms with Crippen molar-refractivity contribution >= 4 is 12.1 Å². The normalized spacial score (nSPS) is 10.8. The number of carbonyl (C=O) groups is 1. The first kappa shape index (κ1) is 25.5. The van der Waals surface area contributed by atoms with E-state index >= 15 is 0 Å². The van der Waals surface area contributed by atoms with E-state index in [4.69, 9.17) is 14.2 Å². The van der Waals surface area contributed by atoms with Gasteiger partial charge in [-0.25, -0.2) is 5.43 Å². The monoisotopic (exact) mass is 494 g/mol. The number of carbonyl (C=O) groups excluding carboxylic acids is 1. The Morgan fingerprint density at radius 2 is 1.54 bits per heavy atom. The van der Waals surface area contributed by atoms with Gasteiger partial charge < -0.3 is 14.2 Å². The number of rotatable bonds is 11. The lowest BCUT2D eigenvalue weighted by molar-refractivity contribution is 0.0954. The van der Waals surface area contributed by atoms with Crippen LogP contribution in [0, 0.1) is 6.92 Å². The number of ether oxygens (including phenoxy) is 3. The molecule has 0 bridgehead atoms. The van der Waals surface area contributed by atoms with Gasteiger partial charge in [0.25, 0.3) is 5.91 Å². The second kappa shape index (κ2) is 12.9. The number of hydrazone groups is 1. The Morgan fingerprint density at radius 1 is 0.784 bits per heavy atom.